The first kappa shape index (κ1) is 21.7. The van der Waals surface area contributed by atoms with Crippen molar-refractivity contribution in [3.63, 3.8) is 0 Å². The van der Waals surface area contributed by atoms with Crippen molar-refractivity contribution in [2.45, 2.75) is 37.6 Å². The molecule has 5 aromatic rings. The van der Waals surface area contributed by atoms with Crippen LogP contribution in [-0.4, -0.2) is 40.7 Å². The van der Waals surface area contributed by atoms with Crippen LogP contribution >= 0.6 is 13.5 Å². The molecule has 2 aliphatic rings. The molecule has 0 bridgehead atoms. The molecule has 4 aromatic heterocycles. The van der Waals surface area contributed by atoms with E-state index in [2.05, 4.69) is 24.8 Å². The van der Waals surface area contributed by atoms with E-state index < -0.39 is 0 Å². The molecular formula is C24H25N9OS. The quantitative estimate of drug-likeness (QED) is 0.399. The molecule has 7 rings (SSSR count). The van der Waals surface area contributed by atoms with Crippen LogP contribution in [0.1, 0.15) is 49.0 Å². The number of hydrogen-bond acceptors (Lipinski definition) is 7. The third-order valence-corrected chi connectivity index (χ3v) is 6.88. The molecule has 1 aliphatic carbocycles. The van der Waals surface area contributed by atoms with Crippen LogP contribution in [0, 0.1) is 0 Å². The molecule has 0 radical (unpaired) electrons. The van der Waals surface area contributed by atoms with Crippen molar-refractivity contribution in [2.24, 2.45) is 0 Å². The maximum atomic E-state index is 14.0. The first-order chi connectivity index (χ1) is 16.7. The number of para-hydroxylation sites is 1. The summed E-state index contributed by atoms with van der Waals surface area (Å²) in [6, 6.07) is 11.6. The van der Waals surface area contributed by atoms with Gasteiger partial charge in [-0.3, -0.25) is 9.36 Å². The van der Waals surface area contributed by atoms with Gasteiger partial charge >= 0.3 is 0 Å². The first-order valence-electron chi connectivity index (χ1n) is 11.6. The Morgan fingerprint density at radius 1 is 1.06 bits per heavy atom. The minimum absolute atomic E-state index is 0. The normalized spacial score (nSPS) is 17.8. The SMILES string of the molecule is Nc1nc(N2CCC[C@H]2c2nn3ccc(C4CC4)c3c(=O)n2-c2ccccc2)c2[nH]cnc2n1.S. The second-order valence-corrected chi connectivity index (χ2v) is 9.03. The highest BCUT2D eigenvalue weighted by atomic mass is 32.1. The van der Waals surface area contributed by atoms with Gasteiger partial charge in [0.2, 0.25) is 5.95 Å². The second kappa shape index (κ2) is 8.12. The molecule has 35 heavy (non-hydrogen) atoms. The summed E-state index contributed by atoms with van der Waals surface area (Å²) in [5.41, 5.74) is 9.80. The Morgan fingerprint density at radius 2 is 1.89 bits per heavy atom. The molecule has 1 aromatic carbocycles. The van der Waals surface area contributed by atoms with Gasteiger partial charge in [0.15, 0.2) is 17.3 Å². The van der Waals surface area contributed by atoms with Gasteiger partial charge in [0, 0.05) is 12.7 Å². The predicted molar refractivity (Wildman–Crippen MR) is 139 cm³/mol. The smallest absolute Gasteiger partial charge is 0.282 e. The van der Waals surface area contributed by atoms with Crippen molar-refractivity contribution in [3.05, 3.63) is 70.7 Å². The van der Waals surface area contributed by atoms with Gasteiger partial charge in [-0.1, -0.05) is 18.2 Å². The van der Waals surface area contributed by atoms with Crippen LogP contribution in [0.25, 0.3) is 22.4 Å². The van der Waals surface area contributed by atoms with Gasteiger partial charge in [-0.25, -0.2) is 9.50 Å². The van der Waals surface area contributed by atoms with Crippen molar-refractivity contribution < 1.29 is 0 Å². The minimum Gasteiger partial charge on any atom is -0.368 e. The highest BCUT2D eigenvalue weighted by Gasteiger charge is 2.35. The Morgan fingerprint density at radius 3 is 2.69 bits per heavy atom. The number of anilines is 2. The highest BCUT2D eigenvalue weighted by Crippen LogP contribution is 2.42. The van der Waals surface area contributed by atoms with Crippen LogP contribution < -0.4 is 16.2 Å². The molecule has 1 aliphatic heterocycles. The molecule has 1 saturated heterocycles. The molecule has 3 N–H and O–H groups in total. The molecule has 2 fully saturated rings. The molecule has 178 valence electrons. The van der Waals surface area contributed by atoms with E-state index in [1.54, 1.807) is 15.4 Å². The summed E-state index contributed by atoms with van der Waals surface area (Å²) in [5.74, 6) is 1.99. The van der Waals surface area contributed by atoms with Crippen molar-refractivity contribution in [3.8, 4) is 5.69 Å². The van der Waals surface area contributed by atoms with Gasteiger partial charge in [-0.05, 0) is 55.4 Å². The molecule has 11 heteroatoms. The molecule has 5 heterocycles. The van der Waals surface area contributed by atoms with Gasteiger partial charge in [0.05, 0.1) is 18.1 Å². The van der Waals surface area contributed by atoms with Crippen LogP contribution in [-0.2, 0) is 0 Å². The third-order valence-electron chi connectivity index (χ3n) is 6.88. The average molecular weight is 488 g/mol. The lowest BCUT2D eigenvalue weighted by atomic mass is 10.1. The molecule has 10 nitrogen and oxygen atoms in total. The number of nitrogens with two attached hydrogens (primary N) is 1. The Balaban J connectivity index is 0.00000229. The van der Waals surface area contributed by atoms with E-state index in [4.69, 9.17) is 10.8 Å². The molecular weight excluding hydrogens is 462 g/mol. The van der Waals surface area contributed by atoms with Gasteiger partial charge < -0.3 is 15.6 Å². The fourth-order valence-electron chi connectivity index (χ4n) is 5.20. The number of rotatable bonds is 4. The van der Waals surface area contributed by atoms with Crippen LogP contribution in [0.3, 0.4) is 0 Å². The van der Waals surface area contributed by atoms with Crippen molar-refractivity contribution >= 4 is 41.9 Å². The van der Waals surface area contributed by atoms with E-state index in [0.717, 1.165) is 49.0 Å². The summed E-state index contributed by atoms with van der Waals surface area (Å²) >= 11 is 0. The molecule has 1 saturated carbocycles. The Kier molecular flexibility index (Phi) is 5.03. The standard InChI is InChI=1S/C24H23N9O.H2S/c25-24-28-20-18(26-13-27-20)22(29-24)31-11-4-7-17(31)21-30-32-12-10-16(14-8-9-14)19(32)23(34)33(21)15-5-2-1-3-6-15;/h1-3,5-6,10,12-14,17H,4,7-9,11H2,(H3,25,26,27,28,29);1H2/t17-;/m0./s1. The first-order valence-corrected chi connectivity index (χ1v) is 11.6. The maximum absolute atomic E-state index is 14.0. The van der Waals surface area contributed by atoms with E-state index in [0.29, 0.717) is 28.7 Å². The average Bonchev–Trinajstić information content (AvgIpc) is 3.23. The minimum atomic E-state index is -0.162. The van der Waals surface area contributed by atoms with E-state index in [-0.39, 0.29) is 31.0 Å². The fraction of sp³-hybridized carbons (Fsp3) is 0.292. The molecule has 1 atom stereocenters. The molecule has 0 spiro atoms. The zero-order chi connectivity index (χ0) is 22.8. The monoisotopic (exact) mass is 487 g/mol. The number of aromatic amines is 1. The lowest BCUT2D eigenvalue weighted by molar-refractivity contribution is 0.601. The summed E-state index contributed by atoms with van der Waals surface area (Å²) in [7, 11) is 0. The number of hydrogen-bond donors (Lipinski definition) is 2. The lowest BCUT2D eigenvalue weighted by Gasteiger charge is -2.27. The predicted octanol–water partition coefficient (Wildman–Crippen LogP) is 3.07. The summed E-state index contributed by atoms with van der Waals surface area (Å²) in [6.07, 6.45) is 7.53. The molecule has 0 amide bonds. The van der Waals surface area contributed by atoms with E-state index in [1.807, 2.05) is 42.6 Å². The summed E-state index contributed by atoms with van der Waals surface area (Å²) in [4.78, 5) is 32.4. The number of nitrogens with zero attached hydrogens (tertiary/aromatic N) is 7. The second-order valence-electron chi connectivity index (χ2n) is 9.03. The summed E-state index contributed by atoms with van der Waals surface area (Å²) in [5, 5.41) is 5.03. The van der Waals surface area contributed by atoms with Crippen LogP contribution in [0.4, 0.5) is 11.8 Å². The van der Waals surface area contributed by atoms with Crippen LogP contribution in [0.15, 0.2) is 53.7 Å². The molecule has 0 unspecified atom stereocenters. The van der Waals surface area contributed by atoms with E-state index >= 15 is 0 Å². The maximum Gasteiger partial charge on any atom is 0.282 e. The van der Waals surface area contributed by atoms with Gasteiger partial charge in [-0.2, -0.15) is 28.6 Å². The zero-order valence-electron chi connectivity index (χ0n) is 18.9. The van der Waals surface area contributed by atoms with Crippen LogP contribution in [0.5, 0.6) is 0 Å². The number of nitrogen functional groups attached to an aromatic ring is 1. The zero-order valence-corrected chi connectivity index (χ0v) is 19.9. The number of imidazole rings is 1. The van der Waals surface area contributed by atoms with Gasteiger partial charge in [-0.15, -0.1) is 0 Å². The van der Waals surface area contributed by atoms with Gasteiger partial charge in [0.25, 0.3) is 5.56 Å². The largest absolute Gasteiger partial charge is 0.368 e. The fourth-order valence-corrected chi connectivity index (χ4v) is 5.20. The van der Waals surface area contributed by atoms with E-state index in [9.17, 15) is 4.79 Å². The lowest BCUT2D eigenvalue weighted by Crippen LogP contribution is -2.33. The van der Waals surface area contributed by atoms with Crippen LogP contribution in [0.2, 0.25) is 0 Å². The van der Waals surface area contributed by atoms with Crippen molar-refractivity contribution in [1.82, 2.24) is 34.1 Å². The Labute approximate surface area is 207 Å². The number of H-pyrrole nitrogens is 1. The summed E-state index contributed by atoms with van der Waals surface area (Å²) < 4.78 is 3.54. The van der Waals surface area contributed by atoms with Gasteiger partial charge in [0.1, 0.15) is 11.0 Å². The Bertz CT molecular complexity index is 1600. The number of aromatic nitrogens is 7. The summed E-state index contributed by atoms with van der Waals surface area (Å²) in [6.45, 7) is 0.761. The number of fused-ring (bicyclic) bond motifs is 2. The van der Waals surface area contributed by atoms with Crippen molar-refractivity contribution in [2.75, 3.05) is 17.2 Å². The number of nitrogens with one attached hydrogen (secondary N) is 1. The van der Waals surface area contributed by atoms with Crippen molar-refractivity contribution in [1.29, 1.82) is 0 Å². The Hall–Kier alpha value is -3.86. The third kappa shape index (κ3) is 3.37. The highest BCUT2D eigenvalue weighted by molar-refractivity contribution is 7.59. The number of benzene rings is 1. The topological polar surface area (TPSA) is 123 Å². The van der Waals surface area contributed by atoms with E-state index in [1.165, 1.54) is 0 Å².